The highest BCUT2D eigenvalue weighted by Crippen LogP contribution is 1.93. The molecule has 1 rings (SSSR count). The Morgan fingerprint density at radius 3 is 2.87 bits per heavy atom. The monoisotopic (exact) mass is 202 g/mol. The summed E-state index contributed by atoms with van der Waals surface area (Å²) in [4.78, 5) is 12.4. The predicted octanol–water partition coefficient (Wildman–Crippen LogP) is 1.78. The summed E-state index contributed by atoms with van der Waals surface area (Å²) in [6, 6.07) is 3.91. The van der Waals surface area contributed by atoms with Crippen molar-refractivity contribution in [3.8, 4) is 6.07 Å². The van der Waals surface area contributed by atoms with E-state index in [2.05, 4.69) is 21.0 Å². The average molecular weight is 202 g/mol. The quantitative estimate of drug-likeness (QED) is 0.522. The second-order valence-corrected chi connectivity index (χ2v) is 3.07. The van der Waals surface area contributed by atoms with E-state index in [1.54, 1.807) is 18.5 Å². The molecule has 0 spiro atoms. The molecule has 1 aromatic heterocycles. The summed E-state index contributed by atoms with van der Waals surface area (Å²) >= 11 is 0. The lowest BCUT2D eigenvalue weighted by atomic mass is 10.2. The van der Waals surface area contributed by atoms with Crippen LogP contribution in [0.1, 0.15) is 25.1 Å². The molecule has 0 bridgehead atoms. The van der Waals surface area contributed by atoms with Crippen LogP contribution >= 0.6 is 0 Å². The molecule has 78 valence electrons. The van der Waals surface area contributed by atoms with Gasteiger partial charge in [0.25, 0.3) is 0 Å². The Bertz CT molecular complexity index is 326. The highest BCUT2D eigenvalue weighted by atomic mass is 14.9. The number of aliphatic imine (C=N–C) groups is 1. The van der Waals surface area contributed by atoms with Gasteiger partial charge in [-0.15, -0.1) is 0 Å². The van der Waals surface area contributed by atoms with E-state index in [-0.39, 0.29) is 0 Å². The minimum absolute atomic E-state index is 0.622. The summed E-state index contributed by atoms with van der Waals surface area (Å²) in [6.45, 7) is 0.786. The lowest BCUT2D eigenvalue weighted by Gasteiger charge is -1.93. The fourth-order valence-electron chi connectivity index (χ4n) is 1.08. The molecule has 4 nitrogen and oxygen atoms in total. The third-order valence-electron chi connectivity index (χ3n) is 1.85. The zero-order chi connectivity index (χ0) is 10.8. The number of rotatable bonds is 6. The average Bonchev–Trinajstić information content (AvgIpc) is 2.29. The first-order valence-corrected chi connectivity index (χ1v) is 5.04. The first kappa shape index (κ1) is 11.3. The molecule has 0 saturated heterocycles. The standard InChI is InChI=1S/C11H14N4/c12-6-2-1-3-7-13-10-5-11-14-8-4-9-15-11/h4,8-10H,1-3,5,7H2. The van der Waals surface area contributed by atoms with Crippen molar-refractivity contribution in [1.82, 2.24) is 9.97 Å². The van der Waals surface area contributed by atoms with Crippen LogP contribution in [-0.4, -0.2) is 22.7 Å². The van der Waals surface area contributed by atoms with E-state index >= 15 is 0 Å². The molecule has 15 heavy (non-hydrogen) atoms. The van der Waals surface area contributed by atoms with Gasteiger partial charge in [0.2, 0.25) is 0 Å². The summed E-state index contributed by atoms with van der Waals surface area (Å²) in [5, 5.41) is 8.31. The largest absolute Gasteiger partial charge is 0.297 e. The van der Waals surface area contributed by atoms with E-state index in [0.717, 1.165) is 25.2 Å². The molecule has 0 saturated carbocycles. The number of nitriles is 1. The molecule has 0 radical (unpaired) electrons. The summed E-state index contributed by atoms with van der Waals surface area (Å²) in [7, 11) is 0. The van der Waals surface area contributed by atoms with Crippen molar-refractivity contribution in [2.45, 2.75) is 25.7 Å². The van der Waals surface area contributed by atoms with Crippen LogP contribution < -0.4 is 0 Å². The molecular weight excluding hydrogens is 188 g/mol. The summed E-state index contributed by atoms with van der Waals surface area (Å²) in [6.07, 6.45) is 8.49. The van der Waals surface area contributed by atoms with E-state index in [0.29, 0.717) is 12.8 Å². The highest BCUT2D eigenvalue weighted by Gasteiger charge is 1.89. The molecule has 0 fully saturated rings. The lowest BCUT2D eigenvalue weighted by molar-refractivity contribution is 0.765. The van der Waals surface area contributed by atoms with Crippen LogP contribution in [0.3, 0.4) is 0 Å². The lowest BCUT2D eigenvalue weighted by Crippen LogP contribution is -1.94. The zero-order valence-electron chi connectivity index (χ0n) is 8.63. The molecule has 4 heteroatoms. The Hall–Kier alpha value is -1.76. The van der Waals surface area contributed by atoms with Gasteiger partial charge in [0.15, 0.2) is 0 Å². The number of aromatic nitrogens is 2. The fraction of sp³-hybridized carbons (Fsp3) is 0.455. The Morgan fingerprint density at radius 2 is 2.13 bits per heavy atom. The summed E-state index contributed by atoms with van der Waals surface area (Å²) < 4.78 is 0. The van der Waals surface area contributed by atoms with Gasteiger partial charge in [-0.3, -0.25) is 4.99 Å². The van der Waals surface area contributed by atoms with Gasteiger partial charge in [-0.1, -0.05) is 0 Å². The van der Waals surface area contributed by atoms with E-state index in [1.165, 1.54) is 0 Å². The number of hydrogen-bond donors (Lipinski definition) is 0. The van der Waals surface area contributed by atoms with Gasteiger partial charge in [0, 0.05) is 38.0 Å². The predicted molar refractivity (Wildman–Crippen MR) is 58.6 cm³/mol. The highest BCUT2D eigenvalue weighted by molar-refractivity contribution is 5.59. The van der Waals surface area contributed by atoms with Crippen molar-refractivity contribution < 1.29 is 0 Å². The number of hydrogen-bond acceptors (Lipinski definition) is 4. The van der Waals surface area contributed by atoms with E-state index in [1.807, 2.05) is 6.21 Å². The van der Waals surface area contributed by atoms with Gasteiger partial charge < -0.3 is 0 Å². The van der Waals surface area contributed by atoms with Gasteiger partial charge in [0.05, 0.1) is 6.07 Å². The van der Waals surface area contributed by atoms with Crippen LogP contribution in [0, 0.1) is 11.3 Å². The summed E-state index contributed by atoms with van der Waals surface area (Å²) in [5.41, 5.74) is 0. The Labute approximate surface area is 89.7 Å². The Morgan fingerprint density at radius 1 is 1.33 bits per heavy atom. The van der Waals surface area contributed by atoms with Gasteiger partial charge >= 0.3 is 0 Å². The maximum Gasteiger partial charge on any atom is 0.133 e. The minimum atomic E-state index is 0.622. The molecule has 0 N–H and O–H groups in total. The van der Waals surface area contributed by atoms with Crippen LogP contribution in [-0.2, 0) is 6.42 Å². The molecule has 0 aromatic carbocycles. The van der Waals surface area contributed by atoms with Crippen molar-refractivity contribution in [3.63, 3.8) is 0 Å². The van der Waals surface area contributed by atoms with Crippen molar-refractivity contribution in [2.75, 3.05) is 6.54 Å². The van der Waals surface area contributed by atoms with Crippen molar-refractivity contribution in [3.05, 3.63) is 24.3 Å². The van der Waals surface area contributed by atoms with E-state index < -0.39 is 0 Å². The summed E-state index contributed by atoms with van der Waals surface area (Å²) in [5.74, 6) is 0.790. The third-order valence-corrected chi connectivity index (χ3v) is 1.85. The second-order valence-electron chi connectivity index (χ2n) is 3.07. The first-order chi connectivity index (χ1) is 7.43. The zero-order valence-corrected chi connectivity index (χ0v) is 8.63. The molecule has 0 aliphatic heterocycles. The van der Waals surface area contributed by atoms with Crippen molar-refractivity contribution in [2.24, 2.45) is 4.99 Å². The second kappa shape index (κ2) is 7.63. The number of nitrogens with zero attached hydrogens (tertiary/aromatic N) is 4. The number of unbranched alkanes of at least 4 members (excludes halogenated alkanes) is 2. The van der Waals surface area contributed by atoms with Gasteiger partial charge in [-0.25, -0.2) is 9.97 Å². The fourth-order valence-corrected chi connectivity index (χ4v) is 1.08. The SMILES string of the molecule is N#CCCCCN=CCc1ncccn1. The molecular formula is C11H14N4. The van der Waals surface area contributed by atoms with Crippen LogP contribution in [0.25, 0.3) is 0 Å². The maximum atomic E-state index is 8.31. The maximum absolute atomic E-state index is 8.31. The van der Waals surface area contributed by atoms with Crippen LogP contribution in [0.4, 0.5) is 0 Å². The van der Waals surface area contributed by atoms with Gasteiger partial charge in [-0.05, 0) is 18.9 Å². The van der Waals surface area contributed by atoms with Crippen molar-refractivity contribution in [1.29, 1.82) is 5.26 Å². The van der Waals surface area contributed by atoms with Crippen molar-refractivity contribution >= 4 is 6.21 Å². The Kier molecular flexibility index (Phi) is 5.75. The third kappa shape index (κ3) is 5.53. The Balaban J connectivity index is 2.10. The molecule has 0 aliphatic rings. The topological polar surface area (TPSA) is 61.9 Å². The first-order valence-electron chi connectivity index (χ1n) is 5.04. The van der Waals surface area contributed by atoms with Gasteiger partial charge in [-0.2, -0.15) is 5.26 Å². The van der Waals surface area contributed by atoms with Crippen LogP contribution in [0.2, 0.25) is 0 Å². The molecule has 0 unspecified atom stereocenters. The smallest absolute Gasteiger partial charge is 0.133 e. The molecule has 1 heterocycles. The normalized spacial score (nSPS) is 10.3. The van der Waals surface area contributed by atoms with Gasteiger partial charge in [0.1, 0.15) is 5.82 Å². The van der Waals surface area contributed by atoms with E-state index in [9.17, 15) is 0 Å². The van der Waals surface area contributed by atoms with Crippen LogP contribution in [0.5, 0.6) is 0 Å². The molecule has 0 aliphatic carbocycles. The molecule has 0 atom stereocenters. The minimum Gasteiger partial charge on any atom is -0.297 e. The van der Waals surface area contributed by atoms with E-state index in [4.69, 9.17) is 5.26 Å². The molecule has 1 aromatic rings. The molecule has 0 amide bonds. The van der Waals surface area contributed by atoms with Crippen LogP contribution in [0.15, 0.2) is 23.5 Å².